The summed E-state index contributed by atoms with van der Waals surface area (Å²) in [6.07, 6.45) is 0.660. The molecule has 0 fully saturated rings. The number of carbonyl (C=O) groups excluding carboxylic acids is 1. The van der Waals surface area contributed by atoms with Crippen molar-refractivity contribution < 1.29 is 9.53 Å². The molecular weight excluding hydrogens is 214 g/mol. The van der Waals surface area contributed by atoms with E-state index in [1.807, 2.05) is 0 Å². The molecule has 0 aliphatic carbocycles. The van der Waals surface area contributed by atoms with Crippen molar-refractivity contribution in [3.8, 4) is 5.88 Å². The monoisotopic (exact) mass is 219 g/mol. The van der Waals surface area contributed by atoms with Crippen molar-refractivity contribution in [1.82, 2.24) is 9.78 Å². The Morgan fingerprint density at radius 2 is 2.55 bits per heavy atom. The predicted octanol–water partition coefficient (Wildman–Crippen LogP) is 0.640. The molecule has 0 atom stereocenters. The van der Waals surface area contributed by atoms with Crippen molar-refractivity contribution in [2.75, 3.05) is 0 Å². The number of aryl methyl sites for hydroxylation is 1. The van der Waals surface area contributed by atoms with Crippen LogP contribution in [0, 0.1) is 0 Å². The molecule has 0 aromatic carbocycles. The second-order valence-electron chi connectivity index (χ2n) is 1.84. The number of carbonyl (C=O) groups is 1. The SMILES string of the molecule is Cn1ncc(Br)c1OC(N)=O. The van der Waals surface area contributed by atoms with E-state index in [2.05, 4.69) is 25.8 Å². The van der Waals surface area contributed by atoms with Gasteiger partial charge in [0.05, 0.1) is 10.7 Å². The predicted molar refractivity (Wildman–Crippen MR) is 41.1 cm³/mol. The molecule has 0 radical (unpaired) electrons. The van der Waals surface area contributed by atoms with E-state index in [-0.39, 0.29) is 0 Å². The molecule has 0 saturated heterocycles. The lowest BCUT2D eigenvalue weighted by Crippen LogP contribution is -2.18. The van der Waals surface area contributed by atoms with E-state index in [4.69, 9.17) is 5.73 Å². The molecular formula is C5H6BrN3O2. The second-order valence-corrected chi connectivity index (χ2v) is 2.70. The van der Waals surface area contributed by atoms with Crippen molar-refractivity contribution in [3.05, 3.63) is 10.7 Å². The first-order chi connectivity index (χ1) is 5.11. The fourth-order valence-electron chi connectivity index (χ4n) is 0.610. The summed E-state index contributed by atoms with van der Waals surface area (Å²) in [5.74, 6) is 0.303. The summed E-state index contributed by atoms with van der Waals surface area (Å²) < 4.78 is 6.60. The number of hydrogen-bond donors (Lipinski definition) is 1. The van der Waals surface area contributed by atoms with Crippen molar-refractivity contribution in [3.63, 3.8) is 0 Å². The lowest BCUT2D eigenvalue weighted by atomic mass is 10.7. The molecule has 11 heavy (non-hydrogen) atoms. The first kappa shape index (κ1) is 8.06. The van der Waals surface area contributed by atoms with E-state index in [9.17, 15) is 4.79 Å². The molecule has 1 aromatic rings. The Labute approximate surface area is 71.3 Å². The average molecular weight is 220 g/mol. The summed E-state index contributed by atoms with van der Waals surface area (Å²) in [5, 5.41) is 3.81. The minimum Gasteiger partial charge on any atom is -0.390 e. The molecule has 2 N–H and O–H groups in total. The smallest absolute Gasteiger partial charge is 0.390 e. The minimum absolute atomic E-state index is 0.303. The molecule has 0 bridgehead atoms. The molecule has 0 spiro atoms. The Morgan fingerprint density at radius 1 is 1.91 bits per heavy atom. The summed E-state index contributed by atoms with van der Waals surface area (Å²) in [6.45, 7) is 0. The molecule has 1 amide bonds. The van der Waals surface area contributed by atoms with Gasteiger partial charge < -0.3 is 10.5 Å². The molecule has 0 aliphatic heterocycles. The maximum absolute atomic E-state index is 10.3. The molecule has 0 unspecified atom stereocenters. The quantitative estimate of drug-likeness (QED) is 0.754. The highest BCUT2D eigenvalue weighted by molar-refractivity contribution is 9.10. The van der Waals surface area contributed by atoms with Gasteiger partial charge in [-0.05, 0) is 15.9 Å². The van der Waals surface area contributed by atoms with Gasteiger partial charge in [0.2, 0.25) is 5.88 Å². The van der Waals surface area contributed by atoms with E-state index in [0.717, 1.165) is 0 Å². The minimum atomic E-state index is -0.852. The molecule has 6 heteroatoms. The summed E-state index contributed by atoms with van der Waals surface area (Å²) in [7, 11) is 1.64. The second kappa shape index (κ2) is 2.91. The zero-order valence-electron chi connectivity index (χ0n) is 5.74. The Bertz CT molecular complexity index is 264. The van der Waals surface area contributed by atoms with Crippen LogP contribution in [-0.4, -0.2) is 15.9 Å². The van der Waals surface area contributed by atoms with Crippen molar-refractivity contribution in [1.29, 1.82) is 0 Å². The number of halogens is 1. The first-order valence-corrected chi connectivity index (χ1v) is 3.55. The van der Waals surface area contributed by atoms with Gasteiger partial charge >= 0.3 is 6.09 Å². The van der Waals surface area contributed by atoms with E-state index >= 15 is 0 Å². The zero-order valence-corrected chi connectivity index (χ0v) is 7.33. The molecule has 5 nitrogen and oxygen atoms in total. The van der Waals surface area contributed by atoms with Crippen LogP contribution in [0.25, 0.3) is 0 Å². The van der Waals surface area contributed by atoms with E-state index in [1.54, 1.807) is 7.05 Å². The molecule has 0 aliphatic rings. The molecule has 1 aromatic heterocycles. The van der Waals surface area contributed by atoms with Crippen LogP contribution >= 0.6 is 15.9 Å². The highest BCUT2D eigenvalue weighted by Crippen LogP contribution is 2.22. The number of aromatic nitrogens is 2. The van der Waals surface area contributed by atoms with Crippen LogP contribution in [0.1, 0.15) is 0 Å². The third-order valence-electron chi connectivity index (χ3n) is 1.04. The van der Waals surface area contributed by atoms with Gasteiger partial charge in [-0.3, -0.25) is 0 Å². The molecule has 0 saturated carbocycles. The van der Waals surface area contributed by atoms with Gasteiger partial charge in [0.1, 0.15) is 0 Å². The maximum Gasteiger partial charge on any atom is 0.411 e. The zero-order chi connectivity index (χ0) is 8.43. The van der Waals surface area contributed by atoms with Crippen LogP contribution < -0.4 is 10.5 Å². The Balaban J connectivity index is 2.92. The van der Waals surface area contributed by atoms with Gasteiger partial charge in [-0.2, -0.15) is 5.10 Å². The normalized spacial score (nSPS) is 9.64. The van der Waals surface area contributed by atoms with E-state index in [1.165, 1.54) is 10.9 Å². The topological polar surface area (TPSA) is 70.1 Å². The average Bonchev–Trinajstić information content (AvgIpc) is 2.18. The summed E-state index contributed by atoms with van der Waals surface area (Å²) in [6, 6.07) is 0. The fraction of sp³-hybridized carbons (Fsp3) is 0.200. The summed E-state index contributed by atoms with van der Waals surface area (Å²) in [5.41, 5.74) is 4.80. The lowest BCUT2D eigenvalue weighted by Gasteiger charge is -1.99. The van der Waals surface area contributed by atoms with E-state index < -0.39 is 6.09 Å². The maximum atomic E-state index is 10.3. The van der Waals surface area contributed by atoms with Crippen LogP contribution in [0.5, 0.6) is 5.88 Å². The molecule has 60 valence electrons. The van der Waals surface area contributed by atoms with Crippen LogP contribution in [0.15, 0.2) is 10.7 Å². The fourth-order valence-corrected chi connectivity index (χ4v) is 1.04. The number of nitrogens with zero attached hydrogens (tertiary/aromatic N) is 2. The molecule has 1 heterocycles. The highest BCUT2D eigenvalue weighted by atomic mass is 79.9. The van der Waals surface area contributed by atoms with Crippen molar-refractivity contribution >= 4 is 22.0 Å². The third-order valence-corrected chi connectivity index (χ3v) is 1.58. The lowest BCUT2D eigenvalue weighted by molar-refractivity contribution is 0.206. The number of nitrogens with two attached hydrogens (primary N) is 1. The number of primary amides is 1. The van der Waals surface area contributed by atoms with Gasteiger partial charge in [-0.25, -0.2) is 9.48 Å². The van der Waals surface area contributed by atoms with Gasteiger partial charge in [-0.15, -0.1) is 0 Å². The van der Waals surface area contributed by atoms with Crippen molar-refractivity contribution in [2.45, 2.75) is 0 Å². The molecule has 1 rings (SSSR count). The van der Waals surface area contributed by atoms with Crippen LogP contribution in [0.4, 0.5) is 4.79 Å². The number of amides is 1. The van der Waals surface area contributed by atoms with Gasteiger partial charge in [0, 0.05) is 7.05 Å². The standard InChI is InChI=1S/C5H6BrN3O2/c1-9-4(11-5(7)10)3(6)2-8-9/h2H,1H3,(H2,7,10). The number of rotatable bonds is 1. The van der Waals surface area contributed by atoms with Crippen molar-refractivity contribution in [2.24, 2.45) is 12.8 Å². The number of ether oxygens (including phenoxy) is 1. The summed E-state index contributed by atoms with van der Waals surface area (Å²) in [4.78, 5) is 10.3. The number of hydrogen-bond acceptors (Lipinski definition) is 3. The Morgan fingerprint density at radius 3 is 2.91 bits per heavy atom. The van der Waals surface area contributed by atoms with Gasteiger partial charge in [-0.1, -0.05) is 0 Å². The van der Waals surface area contributed by atoms with Crippen LogP contribution in [0.2, 0.25) is 0 Å². The Hall–Kier alpha value is -1.04. The van der Waals surface area contributed by atoms with Gasteiger partial charge in [0.25, 0.3) is 0 Å². The third kappa shape index (κ3) is 1.70. The highest BCUT2D eigenvalue weighted by Gasteiger charge is 2.08. The van der Waals surface area contributed by atoms with Crippen LogP contribution in [0.3, 0.4) is 0 Å². The van der Waals surface area contributed by atoms with E-state index in [0.29, 0.717) is 10.4 Å². The first-order valence-electron chi connectivity index (χ1n) is 2.76. The van der Waals surface area contributed by atoms with Crippen LogP contribution in [-0.2, 0) is 7.05 Å². The largest absolute Gasteiger partial charge is 0.411 e. The summed E-state index contributed by atoms with van der Waals surface area (Å²) >= 11 is 3.13. The van der Waals surface area contributed by atoms with Gasteiger partial charge in [0.15, 0.2) is 0 Å². The Kier molecular flexibility index (Phi) is 2.13.